The number of fused-ring (bicyclic) bond motifs is 1. The molecule has 0 bridgehead atoms. The molecule has 0 aliphatic rings. The van der Waals surface area contributed by atoms with E-state index in [1.807, 2.05) is 26.8 Å². The second-order valence-electron chi connectivity index (χ2n) is 5.64. The highest BCUT2D eigenvalue weighted by Gasteiger charge is 2.12. The summed E-state index contributed by atoms with van der Waals surface area (Å²) in [5, 5.41) is 4.03. The van der Waals surface area contributed by atoms with Crippen molar-refractivity contribution in [2.24, 2.45) is 0 Å². The van der Waals surface area contributed by atoms with E-state index >= 15 is 0 Å². The molecule has 6 heteroatoms. The van der Waals surface area contributed by atoms with Crippen LogP contribution in [0.25, 0.3) is 10.2 Å². The molecule has 3 aromatic rings. The molecule has 0 spiro atoms. The summed E-state index contributed by atoms with van der Waals surface area (Å²) in [4.78, 5) is 16.6. The van der Waals surface area contributed by atoms with Gasteiger partial charge < -0.3 is 4.74 Å². The minimum Gasteiger partial charge on any atom is -0.483 e. The van der Waals surface area contributed by atoms with E-state index in [1.54, 1.807) is 18.2 Å². The Morgan fingerprint density at radius 1 is 1.17 bits per heavy atom. The van der Waals surface area contributed by atoms with Crippen LogP contribution >= 0.6 is 22.9 Å². The van der Waals surface area contributed by atoms with Gasteiger partial charge in [-0.15, -0.1) is 0 Å². The molecule has 3 rings (SSSR count). The molecule has 2 aromatic carbocycles. The van der Waals surface area contributed by atoms with Crippen LogP contribution in [0.2, 0.25) is 5.02 Å². The third kappa shape index (κ3) is 3.52. The summed E-state index contributed by atoms with van der Waals surface area (Å²) in [5.41, 5.74) is 4.08. The first-order valence-electron chi connectivity index (χ1n) is 7.49. The summed E-state index contributed by atoms with van der Waals surface area (Å²) < 4.78 is 6.65. The summed E-state index contributed by atoms with van der Waals surface area (Å²) >= 11 is 7.39. The first kappa shape index (κ1) is 16.7. The van der Waals surface area contributed by atoms with Crippen LogP contribution in [0.15, 0.2) is 30.3 Å². The van der Waals surface area contributed by atoms with Crippen LogP contribution in [0.5, 0.6) is 5.75 Å². The van der Waals surface area contributed by atoms with Crippen LogP contribution in [0.4, 0.5) is 5.13 Å². The molecule has 1 amide bonds. The molecule has 0 aliphatic carbocycles. The van der Waals surface area contributed by atoms with E-state index in [9.17, 15) is 4.79 Å². The maximum absolute atomic E-state index is 12.1. The van der Waals surface area contributed by atoms with E-state index in [4.69, 9.17) is 16.3 Å². The Balaban J connectivity index is 1.69. The summed E-state index contributed by atoms with van der Waals surface area (Å²) in [6.45, 7) is 5.87. The fourth-order valence-electron chi connectivity index (χ4n) is 2.39. The molecule has 1 heterocycles. The van der Waals surface area contributed by atoms with Crippen molar-refractivity contribution in [3.05, 3.63) is 52.0 Å². The standard InChI is InChI=1S/C18H17ClN2O2S/c1-10-4-5-11(2)17-16(10)21-18(24-17)20-15(22)9-23-14-7-6-13(19)8-12(14)3/h4-8H,9H2,1-3H3,(H,20,21,22). The Morgan fingerprint density at radius 2 is 1.92 bits per heavy atom. The number of thiazole rings is 1. The average Bonchev–Trinajstić information content (AvgIpc) is 2.95. The highest BCUT2D eigenvalue weighted by Crippen LogP contribution is 2.30. The molecule has 0 saturated carbocycles. The molecular formula is C18H17ClN2O2S. The van der Waals surface area contributed by atoms with Gasteiger partial charge in [-0.1, -0.05) is 35.1 Å². The van der Waals surface area contributed by atoms with Crippen LogP contribution in [-0.4, -0.2) is 17.5 Å². The molecule has 1 N–H and O–H groups in total. The van der Waals surface area contributed by atoms with Gasteiger partial charge in [-0.05, 0) is 55.7 Å². The van der Waals surface area contributed by atoms with Gasteiger partial charge in [0, 0.05) is 5.02 Å². The SMILES string of the molecule is Cc1cc(Cl)ccc1OCC(=O)Nc1nc2c(C)ccc(C)c2s1. The number of rotatable bonds is 4. The van der Waals surface area contributed by atoms with Gasteiger partial charge in [0.2, 0.25) is 0 Å². The fraction of sp³-hybridized carbons (Fsp3) is 0.222. The number of benzene rings is 2. The first-order valence-corrected chi connectivity index (χ1v) is 8.69. The van der Waals surface area contributed by atoms with Gasteiger partial charge in [0.15, 0.2) is 11.7 Å². The Labute approximate surface area is 149 Å². The van der Waals surface area contributed by atoms with E-state index in [0.29, 0.717) is 15.9 Å². The third-order valence-corrected chi connectivity index (χ3v) is 5.03. The van der Waals surface area contributed by atoms with Crippen LogP contribution < -0.4 is 10.1 Å². The number of anilines is 1. The van der Waals surface area contributed by atoms with E-state index in [2.05, 4.69) is 16.4 Å². The van der Waals surface area contributed by atoms with Gasteiger partial charge in [-0.2, -0.15) is 0 Å². The number of nitrogens with zero attached hydrogens (tertiary/aromatic N) is 1. The predicted molar refractivity (Wildman–Crippen MR) is 99.4 cm³/mol. The molecule has 0 atom stereocenters. The Kier molecular flexibility index (Phi) is 4.73. The number of hydrogen-bond acceptors (Lipinski definition) is 4. The highest BCUT2D eigenvalue weighted by atomic mass is 35.5. The molecule has 24 heavy (non-hydrogen) atoms. The molecule has 0 unspecified atom stereocenters. The average molecular weight is 361 g/mol. The zero-order chi connectivity index (χ0) is 17.3. The largest absolute Gasteiger partial charge is 0.483 e. The van der Waals surface area contributed by atoms with Gasteiger partial charge >= 0.3 is 0 Å². The fourth-order valence-corrected chi connectivity index (χ4v) is 3.64. The molecule has 124 valence electrons. The lowest BCUT2D eigenvalue weighted by Crippen LogP contribution is -2.20. The van der Waals surface area contributed by atoms with Crippen LogP contribution in [0, 0.1) is 20.8 Å². The minimum absolute atomic E-state index is 0.0731. The van der Waals surface area contributed by atoms with Gasteiger partial charge in [0.05, 0.1) is 10.2 Å². The molecule has 0 fully saturated rings. The zero-order valence-electron chi connectivity index (χ0n) is 13.6. The van der Waals surface area contributed by atoms with E-state index in [1.165, 1.54) is 11.3 Å². The van der Waals surface area contributed by atoms with Crippen molar-refractivity contribution in [2.75, 3.05) is 11.9 Å². The summed E-state index contributed by atoms with van der Waals surface area (Å²) in [6, 6.07) is 9.40. The number of hydrogen-bond donors (Lipinski definition) is 1. The van der Waals surface area contributed by atoms with Gasteiger partial charge in [0.25, 0.3) is 5.91 Å². The minimum atomic E-state index is -0.237. The van der Waals surface area contributed by atoms with Crippen molar-refractivity contribution >= 4 is 44.2 Å². The topological polar surface area (TPSA) is 51.2 Å². The lowest BCUT2D eigenvalue weighted by molar-refractivity contribution is -0.118. The van der Waals surface area contributed by atoms with Gasteiger partial charge in [-0.25, -0.2) is 4.98 Å². The monoisotopic (exact) mass is 360 g/mol. The number of aromatic nitrogens is 1. The van der Waals surface area contributed by atoms with Crippen LogP contribution in [0.3, 0.4) is 0 Å². The number of halogens is 1. The number of carbonyl (C=O) groups is 1. The summed E-state index contributed by atoms with van der Waals surface area (Å²) in [6.07, 6.45) is 0. The van der Waals surface area contributed by atoms with Gasteiger partial charge in [0.1, 0.15) is 5.75 Å². The van der Waals surface area contributed by atoms with E-state index < -0.39 is 0 Å². The number of aryl methyl sites for hydroxylation is 3. The summed E-state index contributed by atoms with van der Waals surface area (Å²) in [5.74, 6) is 0.407. The summed E-state index contributed by atoms with van der Waals surface area (Å²) in [7, 11) is 0. The Morgan fingerprint density at radius 3 is 2.62 bits per heavy atom. The van der Waals surface area contributed by atoms with Crippen molar-refractivity contribution in [1.82, 2.24) is 4.98 Å². The van der Waals surface area contributed by atoms with E-state index in [-0.39, 0.29) is 12.5 Å². The van der Waals surface area contributed by atoms with Gasteiger partial charge in [-0.3, -0.25) is 10.1 Å². The van der Waals surface area contributed by atoms with E-state index in [0.717, 1.165) is 26.9 Å². The number of amides is 1. The number of carbonyl (C=O) groups excluding carboxylic acids is 1. The second-order valence-corrected chi connectivity index (χ2v) is 7.08. The lowest BCUT2D eigenvalue weighted by Gasteiger charge is -2.08. The molecule has 1 aromatic heterocycles. The van der Waals surface area contributed by atoms with Crippen molar-refractivity contribution in [2.45, 2.75) is 20.8 Å². The number of nitrogens with one attached hydrogen (secondary N) is 1. The van der Waals surface area contributed by atoms with Crippen molar-refractivity contribution in [3.8, 4) is 5.75 Å². The third-order valence-electron chi connectivity index (χ3n) is 3.68. The molecular weight excluding hydrogens is 344 g/mol. The van der Waals surface area contributed by atoms with Crippen molar-refractivity contribution in [3.63, 3.8) is 0 Å². The molecule has 0 radical (unpaired) electrons. The molecule has 4 nitrogen and oxygen atoms in total. The lowest BCUT2D eigenvalue weighted by atomic mass is 10.1. The van der Waals surface area contributed by atoms with Crippen molar-refractivity contribution in [1.29, 1.82) is 0 Å². The predicted octanol–water partition coefficient (Wildman–Crippen LogP) is 4.89. The zero-order valence-corrected chi connectivity index (χ0v) is 15.2. The Hall–Kier alpha value is -2.11. The molecule has 0 saturated heterocycles. The number of ether oxygens (including phenoxy) is 1. The normalized spacial score (nSPS) is 10.8. The quantitative estimate of drug-likeness (QED) is 0.720. The maximum atomic E-state index is 12.1. The maximum Gasteiger partial charge on any atom is 0.264 e. The Bertz CT molecular complexity index is 882. The smallest absolute Gasteiger partial charge is 0.264 e. The second kappa shape index (κ2) is 6.79. The van der Waals surface area contributed by atoms with Crippen LogP contribution in [0.1, 0.15) is 16.7 Å². The van der Waals surface area contributed by atoms with Crippen LogP contribution in [-0.2, 0) is 4.79 Å². The molecule has 0 aliphatic heterocycles. The highest BCUT2D eigenvalue weighted by molar-refractivity contribution is 7.22. The van der Waals surface area contributed by atoms with Crippen molar-refractivity contribution < 1.29 is 9.53 Å². The first-order chi connectivity index (χ1) is 11.4.